The van der Waals surface area contributed by atoms with Crippen molar-refractivity contribution in [3.8, 4) is 0 Å². The minimum Gasteiger partial charge on any atom is -0.480 e. The first-order valence-corrected chi connectivity index (χ1v) is 6.90. The fraction of sp³-hybridized carbons (Fsp3) is 0.385. The summed E-state index contributed by atoms with van der Waals surface area (Å²) in [6.07, 6.45) is 0. The molecular formula is C13H17NO3S. The molecule has 2 N–H and O–H groups in total. The Bertz CT molecular complexity index is 417. The number of carbonyl (C=O) groups is 2. The molecule has 0 heterocycles. The molecule has 0 spiro atoms. The van der Waals surface area contributed by atoms with E-state index in [1.54, 1.807) is 12.1 Å². The molecule has 1 rings (SSSR count). The number of carboxylic acids is 1. The third kappa shape index (κ3) is 4.41. The third-order valence-corrected chi connectivity index (χ3v) is 3.35. The minimum absolute atomic E-state index is 0.361. The topological polar surface area (TPSA) is 66.4 Å². The monoisotopic (exact) mass is 267 g/mol. The molecule has 4 nitrogen and oxygen atoms in total. The molecule has 1 atom stereocenters. The van der Waals surface area contributed by atoms with E-state index < -0.39 is 12.0 Å². The molecule has 0 unspecified atom stereocenters. The van der Waals surface area contributed by atoms with Crippen molar-refractivity contribution < 1.29 is 14.7 Å². The van der Waals surface area contributed by atoms with Gasteiger partial charge in [-0.15, -0.1) is 0 Å². The number of nitrogens with one attached hydrogen (secondary N) is 1. The van der Waals surface area contributed by atoms with Crippen LogP contribution in [0.3, 0.4) is 0 Å². The first-order valence-electron chi connectivity index (χ1n) is 5.75. The highest BCUT2D eigenvalue weighted by atomic mass is 32.2. The van der Waals surface area contributed by atoms with E-state index >= 15 is 0 Å². The molecule has 0 aliphatic rings. The van der Waals surface area contributed by atoms with Gasteiger partial charge in [0.1, 0.15) is 6.04 Å². The second kappa shape index (κ2) is 7.06. The molecule has 5 heteroatoms. The summed E-state index contributed by atoms with van der Waals surface area (Å²) in [7, 11) is 0. The van der Waals surface area contributed by atoms with Crippen molar-refractivity contribution in [2.24, 2.45) is 0 Å². The van der Waals surface area contributed by atoms with Gasteiger partial charge in [0.25, 0.3) is 5.91 Å². The van der Waals surface area contributed by atoms with Crippen LogP contribution in [0.15, 0.2) is 24.3 Å². The van der Waals surface area contributed by atoms with Gasteiger partial charge in [0.05, 0.1) is 0 Å². The Morgan fingerprint density at radius 1 is 1.33 bits per heavy atom. The van der Waals surface area contributed by atoms with Gasteiger partial charge in [0, 0.05) is 11.3 Å². The zero-order chi connectivity index (χ0) is 13.5. The quantitative estimate of drug-likeness (QED) is 0.828. The number of carboxylic acid groups (broad SMARTS) is 1. The van der Waals surface area contributed by atoms with Crippen LogP contribution in [0.2, 0.25) is 0 Å². The maximum absolute atomic E-state index is 11.7. The van der Waals surface area contributed by atoms with Gasteiger partial charge in [-0.1, -0.05) is 19.1 Å². The summed E-state index contributed by atoms with van der Waals surface area (Å²) in [4.78, 5) is 22.3. The van der Waals surface area contributed by atoms with Gasteiger partial charge in [0.15, 0.2) is 0 Å². The smallest absolute Gasteiger partial charge is 0.325 e. The van der Waals surface area contributed by atoms with Crippen molar-refractivity contribution in [2.45, 2.75) is 25.6 Å². The number of hydrogen-bond acceptors (Lipinski definition) is 3. The lowest BCUT2D eigenvalue weighted by molar-refractivity contribution is -0.138. The zero-order valence-electron chi connectivity index (χ0n) is 10.5. The van der Waals surface area contributed by atoms with E-state index in [9.17, 15) is 9.59 Å². The standard InChI is InChI=1S/C13H17NO3S/c1-3-18-8-10-4-6-11(7-5-10)12(15)14-9(2)13(16)17/h4-7,9H,3,8H2,1-2H3,(H,14,15)(H,16,17)/t9-/m1/s1. The highest BCUT2D eigenvalue weighted by molar-refractivity contribution is 7.98. The maximum atomic E-state index is 11.7. The average molecular weight is 267 g/mol. The second-order valence-corrected chi connectivity index (χ2v) is 5.14. The normalized spacial score (nSPS) is 11.9. The van der Waals surface area contributed by atoms with Crippen molar-refractivity contribution >= 4 is 23.6 Å². The van der Waals surface area contributed by atoms with Gasteiger partial charge in [-0.2, -0.15) is 11.8 Å². The van der Waals surface area contributed by atoms with Crippen molar-refractivity contribution in [2.75, 3.05) is 5.75 Å². The van der Waals surface area contributed by atoms with Crippen LogP contribution in [-0.4, -0.2) is 28.8 Å². The Kier molecular flexibility index (Phi) is 5.71. The maximum Gasteiger partial charge on any atom is 0.325 e. The van der Waals surface area contributed by atoms with Crippen molar-refractivity contribution in [1.29, 1.82) is 0 Å². The molecule has 0 aliphatic carbocycles. The summed E-state index contributed by atoms with van der Waals surface area (Å²) >= 11 is 1.81. The highest BCUT2D eigenvalue weighted by Gasteiger charge is 2.14. The summed E-state index contributed by atoms with van der Waals surface area (Å²) in [6, 6.07) is 6.34. The molecule has 1 aromatic carbocycles. The number of hydrogen-bond donors (Lipinski definition) is 2. The SMILES string of the molecule is CCSCc1ccc(C(=O)N[C@H](C)C(=O)O)cc1. The van der Waals surface area contributed by atoms with E-state index in [0.717, 1.165) is 17.1 Å². The van der Waals surface area contributed by atoms with Crippen molar-refractivity contribution in [1.82, 2.24) is 5.32 Å². The van der Waals surface area contributed by atoms with Gasteiger partial charge in [-0.3, -0.25) is 9.59 Å². The van der Waals surface area contributed by atoms with E-state index in [2.05, 4.69) is 12.2 Å². The van der Waals surface area contributed by atoms with Crippen LogP contribution >= 0.6 is 11.8 Å². The molecule has 0 bridgehead atoms. The predicted octanol–water partition coefficient (Wildman–Crippen LogP) is 2.14. The number of carbonyl (C=O) groups excluding carboxylic acids is 1. The zero-order valence-corrected chi connectivity index (χ0v) is 11.3. The third-order valence-electron chi connectivity index (χ3n) is 2.41. The summed E-state index contributed by atoms with van der Waals surface area (Å²) in [5, 5.41) is 11.1. The van der Waals surface area contributed by atoms with Crippen molar-refractivity contribution in [3.05, 3.63) is 35.4 Å². The number of benzene rings is 1. The molecule has 0 aromatic heterocycles. The van der Waals surface area contributed by atoms with Gasteiger partial charge >= 0.3 is 5.97 Å². The molecule has 1 aromatic rings. The lowest BCUT2D eigenvalue weighted by Crippen LogP contribution is -2.38. The summed E-state index contributed by atoms with van der Waals surface area (Å²) < 4.78 is 0. The molecule has 0 aliphatic heterocycles. The molecule has 0 fully saturated rings. The van der Waals surface area contributed by atoms with Crippen LogP contribution in [0.25, 0.3) is 0 Å². The minimum atomic E-state index is -1.04. The van der Waals surface area contributed by atoms with Crippen LogP contribution in [0.4, 0.5) is 0 Å². The van der Waals surface area contributed by atoms with Crippen LogP contribution in [0.5, 0.6) is 0 Å². The van der Waals surface area contributed by atoms with Crippen LogP contribution < -0.4 is 5.32 Å². The molecule has 0 saturated carbocycles. The molecule has 18 heavy (non-hydrogen) atoms. The van der Waals surface area contributed by atoms with Crippen LogP contribution in [0, 0.1) is 0 Å². The Balaban J connectivity index is 2.61. The van der Waals surface area contributed by atoms with E-state index in [1.807, 2.05) is 23.9 Å². The lowest BCUT2D eigenvalue weighted by Gasteiger charge is -2.09. The number of thioether (sulfide) groups is 1. The largest absolute Gasteiger partial charge is 0.480 e. The van der Waals surface area contributed by atoms with E-state index in [0.29, 0.717) is 5.56 Å². The van der Waals surface area contributed by atoms with Gasteiger partial charge < -0.3 is 10.4 Å². The summed E-state index contributed by atoms with van der Waals surface area (Å²) in [6.45, 7) is 3.53. The molecule has 98 valence electrons. The fourth-order valence-electron chi connectivity index (χ4n) is 1.31. The van der Waals surface area contributed by atoms with E-state index in [-0.39, 0.29) is 5.91 Å². The molecule has 0 saturated heterocycles. The van der Waals surface area contributed by atoms with Gasteiger partial charge in [-0.25, -0.2) is 0 Å². The van der Waals surface area contributed by atoms with Crippen LogP contribution in [-0.2, 0) is 10.5 Å². The lowest BCUT2D eigenvalue weighted by atomic mass is 10.1. The Hall–Kier alpha value is -1.49. The molecule has 1 amide bonds. The number of rotatable bonds is 6. The van der Waals surface area contributed by atoms with Crippen molar-refractivity contribution in [3.63, 3.8) is 0 Å². The Morgan fingerprint density at radius 3 is 2.44 bits per heavy atom. The predicted molar refractivity (Wildman–Crippen MR) is 72.8 cm³/mol. The van der Waals surface area contributed by atoms with Gasteiger partial charge in [0.2, 0.25) is 0 Å². The average Bonchev–Trinajstić information content (AvgIpc) is 2.36. The Morgan fingerprint density at radius 2 is 1.94 bits per heavy atom. The first kappa shape index (κ1) is 14.6. The fourth-order valence-corrected chi connectivity index (χ4v) is 1.95. The number of aliphatic carboxylic acids is 1. The van der Waals surface area contributed by atoms with E-state index in [4.69, 9.17) is 5.11 Å². The van der Waals surface area contributed by atoms with Gasteiger partial charge in [-0.05, 0) is 30.4 Å². The van der Waals surface area contributed by atoms with E-state index in [1.165, 1.54) is 6.92 Å². The summed E-state index contributed by atoms with van der Waals surface area (Å²) in [5.41, 5.74) is 1.64. The molecular weight excluding hydrogens is 250 g/mol. The first-order chi connectivity index (χ1) is 8.54. The highest BCUT2D eigenvalue weighted by Crippen LogP contribution is 2.12. The molecule has 0 radical (unpaired) electrons. The Labute approximate surface area is 111 Å². The number of amides is 1. The van der Waals surface area contributed by atoms with Crippen LogP contribution in [0.1, 0.15) is 29.8 Å². The summed E-state index contributed by atoms with van der Waals surface area (Å²) in [5.74, 6) is 0.571. The second-order valence-electron chi connectivity index (χ2n) is 3.87.